The third-order valence-corrected chi connectivity index (χ3v) is 5.13. The van der Waals surface area contributed by atoms with Crippen LogP contribution in [0.4, 0.5) is 0 Å². The molecule has 0 aliphatic rings. The second kappa shape index (κ2) is 8.19. The first-order valence-electron chi connectivity index (χ1n) is 8.56. The van der Waals surface area contributed by atoms with E-state index in [-0.39, 0.29) is 18.6 Å². The molecule has 0 saturated heterocycles. The number of nitrogens with zero attached hydrogens (tertiary/aromatic N) is 2. The Bertz CT molecular complexity index is 871. The Balaban J connectivity index is 1.64. The van der Waals surface area contributed by atoms with E-state index in [9.17, 15) is 4.79 Å². The number of benzene rings is 1. The van der Waals surface area contributed by atoms with E-state index in [0.29, 0.717) is 6.54 Å². The number of carbonyl (C=O) groups is 1. The van der Waals surface area contributed by atoms with E-state index >= 15 is 0 Å². The van der Waals surface area contributed by atoms with Crippen LogP contribution in [0, 0.1) is 20.8 Å². The van der Waals surface area contributed by atoms with Crippen molar-refractivity contribution >= 4 is 17.2 Å². The van der Waals surface area contributed by atoms with Gasteiger partial charge in [-0.25, -0.2) is 0 Å². The molecular formula is C20H23N3O2S. The Morgan fingerprint density at radius 1 is 1.23 bits per heavy atom. The number of rotatable bonds is 7. The van der Waals surface area contributed by atoms with Crippen molar-refractivity contribution in [2.24, 2.45) is 0 Å². The number of aryl methyl sites for hydroxylation is 3. The maximum atomic E-state index is 12.3. The highest BCUT2D eigenvalue weighted by atomic mass is 32.1. The van der Waals surface area contributed by atoms with Gasteiger partial charge < -0.3 is 10.1 Å². The molecule has 6 heteroatoms. The molecule has 1 atom stereocenters. The summed E-state index contributed by atoms with van der Waals surface area (Å²) in [7, 11) is 0. The summed E-state index contributed by atoms with van der Waals surface area (Å²) in [6.07, 6.45) is 0. The fourth-order valence-corrected chi connectivity index (χ4v) is 3.68. The van der Waals surface area contributed by atoms with Crippen LogP contribution in [0.25, 0.3) is 0 Å². The molecule has 0 aliphatic heterocycles. The number of aromatic nitrogens is 2. The number of ether oxygens (including phenoxy) is 1. The van der Waals surface area contributed by atoms with Crippen molar-refractivity contribution in [3.8, 4) is 5.75 Å². The van der Waals surface area contributed by atoms with Crippen LogP contribution in [-0.2, 0) is 4.79 Å². The van der Waals surface area contributed by atoms with Gasteiger partial charge in [0.05, 0.1) is 5.69 Å². The molecule has 0 spiro atoms. The first kappa shape index (κ1) is 18.2. The molecule has 1 unspecified atom stereocenters. The van der Waals surface area contributed by atoms with Gasteiger partial charge in [0, 0.05) is 17.1 Å². The van der Waals surface area contributed by atoms with E-state index in [1.807, 2.05) is 67.2 Å². The molecule has 2 aromatic heterocycles. The van der Waals surface area contributed by atoms with Crippen molar-refractivity contribution < 1.29 is 9.53 Å². The third kappa shape index (κ3) is 4.32. The van der Waals surface area contributed by atoms with E-state index in [1.165, 1.54) is 0 Å². The zero-order valence-corrected chi connectivity index (χ0v) is 16.0. The summed E-state index contributed by atoms with van der Waals surface area (Å²) in [4.78, 5) is 13.4. The van der Waals surface area contributed by atoms with Crippen molar-refractivity contribution in [2.45, 2.75) is 26.8 Å². The van der Waals surface area contributed by atoms with E-state index in [2.05, 4.69) is 16.5 Å². The molecule has 0 radical (unpaired) electrons. The molecule has 0 aliphatic carbocycles. The molecule has 1 aromatic carbocycles. The number of thiophene rings is 1. The zero-order valence-electron chi connectivity index (χ0n) is 15.2. The summed E-state index contributed by atoms with van der Waals surface area (Å²) in [6, 6.07) is 13.8. The number of amides is 1. The van der Waals surface area contributed by atoms with Gasteiger partial charge in [0.25, 0.3) is 5.91 Å². The SMILES string of the molecule is Cc1cc(C)n(C(CNC(=O)COc2ccccc2C)c2cccs2)n1. The summed E-state index contributed by atoms with van der Waals surface area (Å²) in [5.41, 5.74) is 3.06. The minimum atomic E-state index is -0.142. The van der Waals surface area contributed by atoms with Crippen LogP contribution in [0.5, 0.6) is 5.75 Å². The van der Waals surface area contributed by atoms with Gasteiger partial charge in [0.15, 0.2) is 6.61 Å². The van der Waals surface area contributed by atoms with Crippen molar-refractivity contribution in [3.05, 3.63) is 69.7 Å². The molecule has 26 heavy (non-hydrogen) atoms. The Morgan fingerprint density at radius 3 is 2.69 bits per heavy atom. The lowest BCUT2D eigenvalue weighted by atomic mass is 10.2. The van der Waals surface area contributed by atoms with Crippen LogP contribution in [-0.4, -0.2) is 28.8 Å². The highest BCUT2D eigenvalue weighted by molar-refractivity contribution is 7.10. The average Bonchev–Trinajstić information content (AvgIpc) is 3.25. The average molecular weight is 369 g/mol. The maximum absolute atomic E-state index is 12.3. The van der Waals surface area contributed by atoms with Crippen LogP contribution < -0.4 is 10.1 Å². The van der Waals surface area contributed by atoms with Gasteiger partial charge in [-0.3, -0.25) is 9.48 Å². The molecule has 0 bridgehead atoms. The van der Waals surface area contributed by atoms with E-state index in [4.69, 9.17) is 4.74 Å². The third-order valence-electron chi connectivity index (χ3n) is 4.16. The minimum Gasteiger partial charge on any atom is -0.484 e. The van der Waals surface area contributed by atoms with Crippen molar-refractivity contribution in [1.82, 2.24) is 15.1 Å². The second-order valence-corrected chi connectivity index (χ2v) is 7.24. The van der Waals surface area contributed by atoms with E-state index in [0.717, 1.165) is 27.6 Å². The summed E-state index contributed by atoms with van der Waals surface area (Å²) in [6.45, 7) is 6.44. The number of para-hydroxylation sites is 1. The van der Waals surface area contributed by atoms with Gasteiger partial charge >= 0.3 is 0 Å². The highest BCUT2D eigenvalue weighted by Gasteiger charge is 2.19. The van der Waals surface area contributed by atoms with Crippen molar-refractivity contribution in [2.75, 3.05) is 13.2 Å². The van der Waals surface area contributed by atoms with E-state index < -0.39 is 0 Å². The topological polar surface area (TPSA) is 56.2 Å². The molecule has 5 nitrogen and oxygen atoms in total. The lowest BCUT2D eigenvalue weighted by molar-refractivity contribution is -0.123. The Kier molecular flexibility index (Phi) is 5.73. The largest absolute Gasteiger partial charge is 0.484 e. The summed E-state index contributed by atoms with van der Waals surface area (Å²) in [5, 5.41) is 9.61. The molecule has 136 valence electrons. The molecule has 0 saturated carbocycles. The summed E-state index contributed by atoms with van der Waals surface area (Å²) < 4.78 is 7.60. The maximum Gasteiger partial charge on any atom is 0.258 e. The standard InChI is InChI=1S/C20H23N3O2S/c1-14-7-4-5-8-18(14)25-13-20(24)21-12-17(19-9-6-10-26-19)23-16(3)11-15(2)22-23/h4-11,17H,12-13H2,1-3H3,(H,21,24). The van der Waals surface area contributed by atoms with Gasteiger partial charge in [-0.2, -0.15) is 5.10 Å². The molecule has 2 heterocycles. The van der Waals surface area contributed by atoms with Crippen LogP contribution in [0.1, 0.15) is 27.9 Å². The first-order chi connectivity index (χ1) is 12.5. The predicted octanol–water partition coefficient (Wildman–Crippen LogP) is 3.65. The molecular weight excluding hydrogens is 346 g/mol. The summed E-state index contributed by atoms with van der Waals surface area (Å²) in [5.74, 6) is 0.590. The monoisotopic (exact) mass is 369 g/mol. The van der Waals surface area contributed by atoms with Crippen LogP contribution >= 0.6 is 11.3 Å². The van der Waals surface area contributed by atoms with Gasteiger partial charge in [-0.05, 0) is 49.9 Å². The normalized spacial score (nSPS) is 12.0. The minimum absolute atomic E-state index is 0.000862. The van der Waals surface area contributed by atoms with Crippen LogP contribution in [0.2, 0.25) is 0 Å². The Hall–Kier alpha value is -2.60. The molecule has 3 rings (SSSR count). The number of carbonyl (C=O) groups excluding carboxylic acids is 1. The smallest absolute Gasteiger partial charge is 0.258 e. The number of hydrogen-bond acceptors (Lipinski definition) is 4. The Morgan fingerprint density at radius 2 is 2.04 bits per heavy atom. The lowest BCUT2D eigenvalue weighted by Gasteiger charge is -2.19. The Labute approximate surface area is 157 Å². The van der Waals surface area contributed by atoms with Crippen LogP contribution in [0.15, 0.2) is 47.8 Å². The predicted molar refractivity (Wildman–Crippen MR) is 104 cm³/mol. The lowest BCUT2D eigenvalue weighted by Crippen LogP contribution is -2.35. The quantitative estimate of drug-likeness (QED) is 0.691. The van der Waals surface area contributed by atoms with Crippen molar-refractivity contribution in [3.63, 3.8) is 0 Å². The molecule has 1 N–H and O–H groups in total. The number of nitrogens with one attached hydrogen (secondary N) is 1. The first-order valence-corrected chi connectivity index (χ1v) is 9.44. The highest BCUT2D eigenvalue weighted by Crippen LogP contribution is 2.24. The fourth-order valence-electron chi connectivity index (χ4n) is 2.87. The van der Waals surface area contributed by atoms with Crippen LogP contribution in [0.3, 0.4) is 0 Å². The molecule has 1 amide bonds. The van der Waals surface area contributed by atoms with Gasteiger partial charge in [-0.1, -0.05) is 24.3 Å². The van der Waals surface area contributed by atoms with E-state index in [1.54, 1.807) is 11.3 Å². The second-order valence-electron chi connectivity index (χ2n) is 6.26. The van der Waals surface area contributed by atoms with Gasteiger partial charge in [0.1, 0.15) is 11.8 Å². The molecule has 0 fully saturated rings. The van der Waals surface area contributed by atoms with Gasteiger partial charge in [-0.15, -0.1) is 11.3 Å². The zero-order chi connectivity index (χ0) is 18.5. The summed E-state index contributed by atoms with van der Waals surface area (Å²) >= 11 is 1.66. The van der Waals surface area contributed by atoms with Crippen molar-refractivity contribution in [1.29, 1.82) is 0 Å². The number of hydrogen-bond donors (Lipinski definition) is 1. The molecule has 3 aromatic rings. The fraction of sp³-hybridized carbons (Fsp3) is 0.300. The van der Waals surface area contributed by atoms with Gasteiger partial charge in [0.2, 0.25) is 0 Å².